The molecule has 7 rings (SSSR count). The molecule has 3 aliphatic heterocycles. The molecule has 180 valence electrons. The maximum absolute atomic E-state index is 7.36. The van der Waals surface area contributed by atoms with Crippen LogP contribution in [0.5, 0.6) is 0 Å². The Balaban J connectivity index is 1.45. The SMILES string of the molecule is C[Si]1(C)O[Si]2(O[Si](C)(C)O[Si]3(O1)c1ccccc1-c1ccccc13)c1ccccc1-c1ccccc12. The molecule has 0 atom stereocenters. The Bertz CT molecular complexity index is 1310. The number of rotatable bonds is 0. The summed E-state index contributed by atoms with van der Waals surface area (Å²) in [5, 5.41) is 4.68. The number of hydrogen-bond donors (Lipinski definition) is 0. The van der Waals surface area contributed by atoms with Gasteiger partial charge in [0.2, 0.25) is 0 Å². The largest absolute Gasteiger partial charge is 0.409 e. The van der Waals surface area contributed by atoms with Crippen molar-refractivity contribution in [2.75, 3.05) is 0 Å². The molecule has 1 saturated heterocycles. The first-order chi connectivity index (χ1) is 17.2. The summed E-state index contributed by atoms with van der Waals surface area (Å²) < 4.78 is 29.4. The van der Waals surface area contributed by atoms with Crippen LogP contribution in [0, 0.1) is 0 Å². The highest BCUT2D eigenvalue weighted by atomic mass is 28.5. The Hall–Kier alpha value is -2.41. The molecule has 2 spiro atoms. The lowest BCUT2D eigenvalue weighted by Crippen LogP contribution is -2.78. The van der Waals surface area contributed by atoms with Crippen LogP contribution in [0.15, 0.2) is 97.1 Å². The maximum atomic E-state index is 7.36. The van der Waals surface area contributed by atoms with Crippen molar-refractivity contribution >= 4 is 55.0 Å². The highest BCUT2D eigenvalue weighted by Gasteiger charge is 2.64. The molecule has 1 fully saturated rings. The van der Waals surface area contributed by atoms with Gasteiger partial charge in [-0.1, -0.05) is 97.1 Å². The van der Waals surface area contributed by atoms with E-state index < -0.39 is 34.2 Å². The molecule has 4 aromatic rings. The molecular formula is C28H28O4Si4. The van der Waals surface area contributed by atoms with Crippen LogP contribution in [-0.4, -0.2) is 34.2 Å². The minimum atomic E-state index is -3.07. The first kappa shape index (κ1) is 22.8. The summed E-state index contributed by atoms with van der Waals surface area (Å²) in [5.74, 6) is 0. The van der Waals surface area contributed by atoms with Crippen LogP contribution in [-0.2, 0) is 16.5 Å². The number of fused-ring (bicyclic) bond motifs is 10. The van der Waals surface area contributed by atoms with Crippen LogP contribution in [0.25, 0.3) is 22.3 Å². The molecule has 0 radical (unpaired) electrons. The van der Waals surface area contributed by atoms with Gasteiger partial charge in [-0.05, 0) is 48.4 Å². The monoisotopic (exact) mass is 540 g/mol. The average Bonchev–Trinajstić information content (AvgIpc) is 3.26. The van der Waals surface area contributed by atoms with Crippen molar-refractivity contribution in [2.45, 2.75) is 26.2 Å². The summed E-state index contributed by atoms with van der Waals surface area (Å²) in [6.45, 7) is 8.65. The third kappa shape index (κ3) is 3.10. The number of benzene rings is 4. The quantitative estimate of drug-likeness (QED) is 0.317. The van der Waals surface area contributed by atoms with Gasteiger partial charge in [-0.25, -0.2) is 0 Å². The second-order valence-corrected chi connectivity index (χ2v) is 24.1. The van der Waals surface area contributed by atoms with Gasteiger partial charge in [0.1, 0.15) is 0 Å². The molecule has 4 nitrogen and oxygen atoms in total. The Kier molecular flexibility index (Phi) is 4.78. The first-order valence-corrected chi connectivity index (χ1v) is 21.7. The van der Waals surface area contributed by atoms with Crippen LogP contribution in [0.4, 0.5) is 0 Å². The van der Waals surface area contributed by atoms with Crippen LogP contribution in [0.2, 0.25) is 26.2 Å². The van der Waals surface area contributed by atoms with Crippen LogP contribution < -0.4 is 20.7 Å². The zero-order valence-electron chi connectivity index (χ0n) is 20.9. The molecule has 0 N–H and O–H groups in total. The Morgan fingerprint density at radius 2 is 0.583 bits per heavy atom. The molecule has 0 aliphatic carbocycles. The van der Waals surface area contributed by atoms with Crippen LogP contribution in [0.3, 0.4) is 0 Å². The summed E-state index contributed by atoms with van der Waals surface area (Å²) in [7, 11) is -11.7. The van der Waals surface area contributed by atoms with Gasteiger partial charge >= 0.3 is 34.2 Å². The molecule has 3 aliphatic rings. The standard InChI is InChI=1S/C28H28O4Si4/c1-33(2)29-35(25-17-9-5-13-21(25)22-14-6-10-18-26(22)35)31-34(3,4)32-36(30-33)27-19-11-7-15-23(27)24-16-8-12-20-28(24)36/h5-20H,1-4H3. The molecule has 0 aromatic heterocycles. The minimum Gasteiger partial charge on any atom is -0.409 e. The van der Waals surface area contributed by atoms with Crippen molar-refractivity contribution in [1.82, 2.24) is 0 Å². The van der Waals surface area contributed by atoms with E-state index in [9.17, 15) is 0 Å². The van der Waals surface area contributed by atoms with Gasteiger partial charge in [-0.15, -0.1) is 0 Å². The highest BCUT2D eigenvalue weighted by molar-refractivity contribution is 7.10. The van der Waals surface area contributed by atoms with Gasteiger partial charge in [0.25, 0.3) is 0 Å². The molecule has 0 saturated carbocycles. The highest BCUT2D eigenvalue weighted by Crippen LogP contribution is 2.39. The fourth-order valence-corrected chi connectivity index (χ4v) is 27.1. The summed E-state index contributed by atoms with van der Waals surface area (Å²) >= 11 is 0. The molecule has 36 heavy (non-hydrogen) atoms. The Labute approximate surface area is 216 Å². The summed E-state index contributed by atoms with van der Waals surface area (Å²) in [6.07, 6.45) is 0. The third-order valence-electron chi connectivity index (χ3n) is 7.27. The number of hydrogen-bond acceptors (Lipinski definition) is 4. The molecule has 0 amide bonds. The molecule has 4 aromatic carbocycles. The summed E-state index contributed by atoms with van der Waals surface area (Å²) in [5.41, 5.74) is 4.83. The first-order valence-electron chi connectivity index (χ1n) is 12.4. The third-order valence-corrected chi connectivity index (χ3v) is 24.3. The van der Waals surface area contributed by atoms with Gasteiger partial charge in [0, 0.05) is 20.7 Å². The summed E-state index contributed by atoms with van der Waals surface area (Å²) in [4.78, 5) is 0. The van der Waals surface area contributed by atoms with E-state index in [1.165, 1.54) is 43.0 Å². The molecular weight excluding hydrogens is 513 g/mol. The normalized spacial score (nSPS) is 21.2. The van der Waals surface area contributed by atoms with E-state index in [0.29, 0.717) is 0 Å². The van der Waals surface area contributed by atoms with Gasteiger partial charge in [0.05, 0.1) is 0 Å². The Morgan fingerprint density at radius 1 is 0.361 bits per heavy atom. The van der Waals surface area contributed by atoms with Crippen molar-refractivity contribution in [1.29, 1.82) is 0 Å². The summed E-state index contributed by atoms with van der Waals surface area (Å²) in [6, 6.07) is 34.2. The lowest BCUT2D eigenvalue weighted by molar-refractivity contribution is 0.254. The average molecular weight is 541 g/mol. The van der Waals surface area contributed by atoms with E-state index in [1.807, 2.05) is 0 Å². The lowest BCUT2D eigenvalue weighted by atomic mass is 10.1. The molecule has 0 bridgehead atoms. The fourth-order valence-electron chi connectivity index (χ4n) is 6.22. The smallest absolute Gasteiger partial charge is 0.390 e. The lowest BCUT2D eigenvalue weighted by Gasteiger charge is -2.49. The van der Waals surface area contributed by atoms with Crippen LogP contribution in [0.1, 0.15) is 0 Å². The second-order valence-electron chi connectivity index (χ2n) is 10.6. The Morgan fingerprint density at radius 3 is 0.833 bits per heavy atom. The van der Waals surface area contributed by atoms with Crippen molar-refractivity contribution < 1.29 is 16.5 Å². The van der Waals surface area contributed by atoms with Gasteiger partial charge in [-0.2, -0.15) is 0 Å². The van der Waals surface area contributed by atoms with Crippen molar-refractivity contribution in [3.05, 3.63) is 97.1 Å². The fraction of sp³-hybridized carbons (Fsp3) is 0.143. The predicted octanol–water partition coefficient (Wildman–Crippen LogP) is 3.94. The van der Waals surface area contributed by atoms with E-state index in [1.54, 1.807) is 0 Å². The minimum absolute atomic E-state index is 1.17. The zero-order chi connectivity index (χ0) is 24.8. The van der Waals surface area contributed by atoms with Gasteiger partial charge in [-0.3, -0.25) is 0 Å². The van der Waals surface area contributed by atoms with E-state index in [-0.39, 0.29) is 0 Å². The van der Waals surface area contributed by atoms with E-state index in [4.69, 9.17) is 16.5 Å². The molecule has 8 heteroatoms. The second kappa shape index (κ2) is 7.56. The zero-order valence-corrected chi connectivity index (χ0v) is 24.9. The topological polar surface area (TPSA) is 36.9 Å². The predicted molar refractivity (Wildman–Crippen MR) is 153 cm³/mol. The van der Waals surface area contributed by atoms with Gasteiger partial charge < -0.3 is 16.5 Å². The molecule has 3 heterocycles. The van der Waals surface area contributed by atoms with Crippen molar-refractivity contribution in [2.24, 2.45) is 0 Å². The van der Waals surface area contributed by atoms with Crippen LogP contribution >= 0.6 is 0 Å². The van der Waals surface area contributed by atoms with E-state index in [0.717, 1.165) is 0 Å². The maximum Gasteiger partial charge on any atom is 0.390 e. The van der Waals surface area contributed by atoms with Gasteiger partial charge in [0.15, 0.2) is 0 Å². The van der Waals surface area contributed by atoms with Crippen molar-refractivity contribution in [3.8, 4) is 22.3 Å². The van der Waals surface area contributed by atoms with Crippen molar-refractivity contribution in [3.63, 3.8) is 0 Å². The molecule has 0 unspecified atom stereocenters. The van der Waals surface area contributed by atoms with E-state index in [2.05, 4.69) is 123 Å². The van der Waals surface area contributed by atoms with E-state index >= 15 is 0 Å².